The summed E-state index contributed by atoms with van der Waals surface area (Å²) in [4.78, 5) is 23.9. The van der Waals surface area contributed by atoms with Gasteiger partial charge in [-0.05, 0) is 58.7 Å². The van der Waals surface area contributed by atoms with Gasteiger partial charge in [-0.3, -0.25) is 9.59 Å². The van der Waals surface area contributed by atoms with Gasteiger partial charge >= 0.3 is 0 Å². The average molecular weight is 396 g/mol. The maximum atomic E-state index is 12.3. The quantitative estimate of drug-likeness (QED) is 0.740. The van der Waals surface area contributed by atoms with Crippen molar-refractivity contribution in [1.29, 1.82) is 0 Å². The first kappa shape index (κ1) is 17.5. The molecule has 0 aromatic heterocycles. The van der Waals surface area contributed by atoms with E-state index in [1.165, 1.54) is 0 Å². The molecule has 0 spiro atoms. The number of hydrogen-bond donors (Lipinski definition) is 2. The van der Waals surface area contributed by atoms with Crippen molar-refractivity contribution >= 4 is 50.7 Å². The Hall–Kier alpha value is -1.85. The second-order valence-electron chi connectivity index (χ2n) is 4.96. The molecule has 2 amide bonds. The van der Waals surface area contributed by atoms with Crippen LogP contribution in [0.1, 0.15) is 30.1 Å². The van der Waals surface area contributed by atoms with Gasteiger partial charge in [0.25, 0.3) is 5.91 Å². The first-order chi connectivity index (χ1) is 11.0. The van der Waals surface area contributed by atoms with Gasteiger partial charge in [-0.15, -0.1) is 0 Å². The molecule has 0 heterocycles. The Kier molecular flexibility index (Phi) is 6.19. The number of hydrogen-bond acceptors (Lipinski definition) is 2. The molecule has 0 atom stereocenters. The van der Waals surface area contributed by atoms with Gasteiger partial charge in [0.05, 0.1) is 5.02 Å². The highest BCUT2D eigenvalue weighted by molar-refractivity contribution is 9.10. The van der Waals surface area contributed by atoms with E-state index in [0.29, 0.717) is 28.4 Å². The third-order valence-corrected chi connectivity index (χ3v) is 4.30. The van der Waals surface area contributed by atoms with E-state index in [9.17, 15) is 9.59 Å². The summed E-state index contributed by atoms with van der Waals surface area (Å²) in [5.41, 5.74) is 1.66. The lowest BCUT2D eigenvalue weighted by atomic mass is 10.1. The van der Waals surface area contributed by atoms with Crippen LogP contribution < -0.4 is 10.6 Å². The summed E-state index contributed by atoms with van der Waals surface area (Å²) < 4.78 is 0.762. The van der Waals surface area contributed by atoms with Crippen molar-refractivity contribution in [3.63, 3.8) is 0 Å². The maximum absolute atomic E-state index is 12.3. The summed E-state index contributed by atoms with van der Waals surface area (Å²) >= 11 is 9.31. The Morgan fingerprint density at radius 1 is 1.09 bits per heavy atom. The number of benzene rings is 2. The van der Waals surface area contributed by atoms with E-state index in [1.54, 1.807) is 42.5 Å². The summed E-state index contributed by atoms with van der Waals surface area (Å²) in [7, 11) is 0. The molecule has 2 N–H and O–H groups in total. The minimum atomic E-state index is -0.269. The molecular formula is C17H16BrClN2O2. The molecule has 2 aromatic rings. The van der Waals surface area contributed by atoms with Crippen molar-refractivity contribution in [2.24, 2.45) is 0 Å². The van der Waals surface area contributed by atoms with Crippen LogP contribution in [-0.2, 0) is 4.79 Å². The Labute approximate surface area is 148 Å². The summed E-state index contributed by atoms with van der Waals surface area (Å²) in [6, 6.07) is 12.0. The van der Waals surface area contributed by atoms with Crippen LogP contribution in [0.4, 0.5) is 11.4 Å². The standard InChI is InChI=1S/C17H16BrClN2O2/c1-2-4-16(22)20-12-6-3-5-11(9-12)17(23)21-13-7-8-14(18)15(19)10-13/h3,5-10H,2,4H2,1H3,(H,20,22)(H,21,23). The molecule has 0 fully saturated rings. The molecule has 0 radical (unpaired) electrons. The summed E-state index contributed by atoms with van der Waals surface area (Å²) in [6.07, 6.45) is 1.23. The lowest BCUT2D eigenvalue weighted by molar-refractivity contribution is -0.116. The molecule has 0 aliphatic heterocycles. The highest BCUT2D eigenvalue weighted by atomic mass is 79.9. The van der Waals surface area contributed by atoms with Crippen LogP contribution in [0.25, 0.3) is 0 Å². The van der Waals surface area contributed by atoms with E-state index in [-0.39, 0.29) is 11.8 Å². The molecular weight excluding hydrogens is 380 g/mol. The van der Waals surface area contributed by atoms with Gasteiger partial charge in [-0.1, -0.05) is 24.6 Å². The molecule has 0 saturated heterocycles. The number of amides is 2. The number of rotatable bonds is 5. The van der Waals surface area contributed by atoms with Gasteiger partial charge in [0.2, 0.25) is 5.91 Å². The van der Waals surface area contributed by atoms with Gasteiger partial charge in [-0.2, -0.15) is 0 Å². The van der Waals surface area contributed by atoms with E-state index in [0.717, 1.165) is 10.9 Å². The van der Waals surface area contributed by atoms with Crippen LogP contribution in [0.3, 0.4) is 0 Å². The molecule has 6 heteroatoms. The van der Waals surface area contributed by atoms with Gasteiger partial charge in [0.1, 0.15) is 0 Å². The van der Waals surface area contributed by atoms with Crippen molar-refractivity contribution < 1.29 is 9.59 Å². The first-order valence-electron chi connectivity index (χ1n) is 7.16. The normalized spacial score (nSPS) is 10.2. The number of carbonyl (C=O) groups is 2. The largest absolute Gasteiger partial charge is 0.326 e. The van der Waals surface area contributed by atoms with Gasteiger partial charge in [0, 0.05) is 27.8 Å². The van der Waals surface area contributed by atoms with Crippen molar-refractivity contribution in [2.75, 3.05) is 10.6 Å². The molecule has 0 aliphatic rings. The lowest BCUT2D eigenvalue weighted by Crippen LogP contribution is -2.14. The highest BCUT2D eigenvalue weighted by Gasteiger charge is 2.09. The number of halogens is 2. The molecule has 0 saturated carbocycles. The zero-order chi connectivity index (χ0) is 16.8. The molecule has 2 rings (SSSR count). The maximum Gasteiger partial charge on any atom is 0.255 e. The first-order valence-corrected chi connectivity index (χ1v) is 8.33. The van der Waals surface area contributed by atoms with Crippen molar-refractivity contribution in [3.8, 4) is 0 Å². The third kappa shape index (κ3) is 5.08. The van der Waals surface area contributed by atoms with Gasteiger partial charge in [0.15, 0.2) is 0 Å². The fourth-order valence-electron chi connectivity index (χ4n) is 1.97. The molecule has 2 aromatic carbocycles. The predicted octanol–water partition coefficient (Wildman–Crippen LogP) is 5.09. The predicted molar refractivity (Wildman–Crippen MR) is 97.1 cm³/mol. The van der Waals surface area contributed by atoms with Crippen LogP contribution in [-0.4, -0.2) is 11.8 Å². The van der Waals surface area contributed by atoms with E-state index in [1.807, 2.05) is 6.92 Å². The summed E-state index contributed by atoms with van der Waals surface area (Å²) in [6.45, 7) is 1.94. The Morgan fingerprint density at radius 2 is 1.83 bits per heavy atom. The topological polar surface area (TPSA) is 58.2 Å². The molecule has 0 bridgehead atoms. The SMILES string of the molecule is CCCC(=O)Nc1cccc(C(=O)Nc2ccc(Br)c(Cl)c2)c1. The van der Waals surface area contributed by atoms with Crippen LogP contribution in [0.5, 0.6) is 0 Å². The van der Waals surface area contributed by atoms with Crippen LogP contribution in [0.15, 0.2) is 46.9 Å². The second-order valence-corrected chi connectivity index (χ2v) is 6.22. The number of nitrogens with one attached hydrogen (secondary N) is 2. The van der Waals surface area contributed by atoms with Crippen LogP contribution >= 0.6 is 27.5 Å². The highest BCUT2D eigenvalue weighted by Crippen LogP contribution is 2.26. The van der Waals surface area contributed by atoms with E-state index in [2.05, 4.69) is 26.6 Å². The van der Waals surface area contributed by atoms with Crippen molar-refractivity contribution in [1.82, 2.24) is 0 Å². The van der Waals surface area contributed by atoms with Crippen LogP contribution in [0.2, 0.25) is 5.02 Å². The minimum absolute atomic E-state index is 0.0650. The smallest absolute Gasteiger partial charge is 0.255 e. The number of anilines is 2. The Balaban J connectivity index is 2.10. The Morgan fingerprint density at radius 3 is 2.52 bits per heavy atom. The minimum Gasteiger partial charge on any atom is -0.326 e. The van der Waals surface area contributed by atoms with E-state index < -0.39 is 0 Å². The average Bonchev–Trinajstić information content (AvgIpc) is 2.51. The van der Waals surface area contributed by atoms with E-state index in [4.69, 9.17) is 11.6 Å². The zero-order valence-corrected chi connectivity index (χ0v) is 14.9. The Bertz CT molecular complexity index is 734. The lowest BCUT2D eigenvalue weighted by Gasteiger charge is -2.09. The fraction of sp³-hybridized carbons (Fsp3) is 0.176. The summed E-state index contributed by atoms with van der Waals surface area (Å²) in [5.74, 6) is -0.334. The molecule has 23 heavy (non-hydrogen) atoms. The van der Waals surface area contributed by atoms with Crippen LogP contribution in [0, 0.1) is 0 Å². The van der Waals surface area contributed by atoms with Crippen molar-refractivity contribution in [2.45, 2.75) is 19.8 Å². The summed E-state index contributed by atoms with van der Waals surface area (Å²) in [5, 5.41) is 6.06. The van der Waals surface area contributed by atoms with Gasteiger partial charge < -0.3 is 10.6 Å². The van der Waals surface area contributed by atoms with E-state index >= 15 is 0 Å². The molecule has 4 nitrogen and oxygen atoms in total. The molecule has 120 valence electrons. The monoisotopic (exact) mass is 394 g/mol. The molecule has 0 aliphatic carbocycles. The fourth-order valence-corrected chi connectivity index (χ4v) is 2.39. The number of carbonyl (C=O) groups excluding carboxylic acids is 2. The van der Waals surface area contributed by atoms with Gasteiger partial charge in [-0.25, -0.2) is 0 Å². The zero-order valence-electron chi connectivity index (χ0n) is 12.5. The molecule has 0 unspecified atom stereocenters. The second kappa shape index (κ2) is 8.13. The third-order valence-electron chi connectivity index (χ3n) is 3.06. The van der Waals surface area contributed by atoms with Crippen molar-refractivity contribution in [3.05, 3.63) is 57.5 Å².